The van der Waals surface area contributed by atoms with Crippen LogP contribution in [0.3, 0.4) is 0 Å². The van der Waals surface area contributed by atoms with Crippen molar-refractivity contribution in [2.24, 2.45) is 16.6 Å². The average molecular weight is 492 g/mol. The first-order chi connectivity index (χ1) is 17.0. The number of amides is 2. The van der Waals surface area contributed by atoms with E-state index in [0.717, 1.165) is 12.1 Å². The lowest BCUT2D eigenvalue weighted by molar-refractivity contribution is -0.129. The monoisotopic (exact) mass is 491 g/mol. The maximum absolute atomic E-state index is 14.6. The van der Waals surface area contributed by atoms with E-state index in [2.05, 4.69) is 16.2 Å². The van der Waals surface area contributed by atoms with Crippen LogP contribution < -0.4 is 11.1 Å². The quantitative estimate of drug-likeness (QED) is 0.527. The zero-order valence-corrected chi connectivity index (χ0v) is 21.3. The first kappa shape index (κ1) is 26.9. The largest absolute Gasteiger partial charge is 0.369 e. The van der Waals surface area contributed by atoms with Crippen LogP contribution in [0, 0.1) is 24.1 Å². The molecular formula is C28H34FN5O2. The number of nitrogens with zero attached hydrogens (tertiary/aromatic N) is 3. The molecule has 0 radical (unpaired) electrons. The van der Waals surface area contributed by atoms with Crippen molar-refractivity contribution >= 4 is 17.8 Å². The van der Waals surface area contributed by atoms with Gasteiger partial charge in [0, 0.05) is 5.56 Å². The van der Waals surface area contributed by atoms with E-state index in [4.69, 9.17) is 12.2 Å². The SMILES string of the molecule is C#C[C@@]1(C(C)C)CC(=O)N(Cc2cc(F)cc(C(=O)NC(CCN(C)C)c3ccccc3)c2)C(N)=N1. The molecule has 3 N–H and O–H groups in total. The molecule has 0 bridgehead atoms. The molecule has 0 fully saturated rings. The van der Waals surface area contributed by atoms with Crippen molar-refractivity contribution < 1.29 is 14.0 Å². The number of nitrogens with one attached hydrogen (secondary N) is 1. The maximum Gasteiger partial charge on any atom is 0.251 e. The first-order valence-electron chi connectivity index (χ1n) is 12.0. The fourth-order valence-electron chi connectivity index (χ4n) is 4.20. The Labute approximate surface area is 212 Å². The third kappa shape index (κ3) is 6.29. The molecule has 190 valence electrons. The highest BCUT2D eigenvalue weighted by molar-refractivity contribution is 5.99. The zero-order valence-electron chi connectivity index (χ0n) is 21.3. The molecule has 2 amide bonds. The molecule has 36 heavy (non-hydrogen) atoms. The number of halogens is 1. The summed E-state index contributed by atoms with van der Waals surface area (Å²) in [7, 11) is 3.93. The van der Waals surface area contributed by atoms with Crippen LogP contribution in [0.1, 0.15) is 54.2 Å². The van der Waals surface area contributed by atoms with E-state index in [1.807, 2.05) is 63.2 Å². The van der Waals surface area contributed by atoms with Crippen LogP contribution in [0.25, 0.3) is 0 Å². The normalized spacial score (nSPS) is 18.7. The second kappa shape index (κ2) is 11.4. The molecule has 7 nitrogen and oxygen atoms in total. The van der Waals surface area contributed by atoms with E-state index in [9.17, 15) is 14.0 Å². The van der Waals surface area contributed by atoms with E-state index in [1.54, 1.807) is 6.07 Å². The van der Waals surface area contributed by atoms with Gasteiger partial charge in [0.1, 0.15) is 11.4 Å². The Bertz CT molecular complexity index is 1170. The third-order valence-electron chi connectivity index (χ3n) is 6.45. The summed E-state index contributed by atoms with van der Waals surface area (Å²) in [5.74, 6) is 1.24. The minimum absolute atomic E-state index is 0.00908. The molecule has 0 aromatic heterocycles. The molecule has 1 unspecified atom stereocenters. The summed E-state index contributed by atoms with van der Waals surface area (Å²) in [5.41, 5.74) is 6.67. The van der Waals surface area contributed by atoms with Gasteiger partial charge in [0.2, 0.25) is 5.91 Å². The molecule has 2 atom stereocenters. The van der Waals surface area contributed by atoms with Crippen molar-refractivity contribution in [1.82, 2.24) is 15.1 Å². The molecule has 0 spiro atoms. The Kier molecular flexibility index (Phi) is 8.49. The summed E-state index contributed by atoms with van der Waals surface area (Å²) in [5, 5.41) is 3.03. The zero-order chi connectivity index (χ0) is 26.5. The summed E-state index contributed by atoms with van der Waals surface area (Å²) >= 11 is 0. The summed E-state index contributed by atoms with van der Waals surface area (Å²) in [6.45, 7) is 4.52. The molecule has 3 rings (SSSR count). The van der Waals surface area contributed by atoms with Gasteiger partial charge in [-0.15, -0.1) is 6.42 Å². The van der Waals surface area contributed by atoms with E-state index in [1.165, 1.54) is 17.0 Å². The molecule has 1 aliphatic rings. The highest BCUT2D eigenvalue weighted by Crippen LogP contribution is 2.30. The van der Waals surface area contributed by atoms with Crippen molar-refractivity contribution in [3.05, 3.63) is 71.0 Å². The third-order valence-corrected chi connectivity index (χ3v) is 6.45. The van der Waals surface area contributed by atoms with Crippen molar-refractivity contribution in [2.45, 2.75) is 44.8 Å². The molecule has 0 saturated heterocycles. The van der Waals surface area contributed by atoms with Gasteiger partial charge in [-0.3, -0.25) is 14.5 Å². The summed E-state index contributed by atoms with van der Waals surface area (Å²) in [4.78, 5) is 33.8. The summed E-state index contributed by atoms with van der Waals surface area (Å²) < 4.78 is 14.6. The number of terminal acetylenes is 1. The van der Waals surface area contributed by atoms with Gasteiger partial charge in [-0.05, 0) is 62.3 Å². The summed E-state index contributed by atoms with van der Waals surface area (Å²) in [6, 6.07) is 13.4. The molecular weight excluding hydrogens is 457 g/mol. The van der Waals surface area contributed by atoms with Gasteiger partial charge in [-0.25, -0.2) is 9.38 Å². The Morgan fingerprint density at radius 2 is 1.97 bits per heavy atom. The standard InChI is InChI=1S/C28H34FN5O2/c1-6-28(19(2)3)17-25(35)34(27(30)32-28)18-20-14-22(16-23(29)15-20)26(36)31-24(12-13-33(4)5)21-10-8-7-9-11-21/h1,7-11,14-16,19,24H,12-13,17-18H2,2-5H3,(H2,30,32)(H,31,36)/t24?,28-/m0/s1. The van der Waals surface area contributed by atoms with Gasteiger partial charge in [-0.2, -0.15) is 0 Å². The lowest BCUT2D eigenvalue weighted by Gasteiger charge is -2.36. The molecule has 0 saturated carbocycles. The van der Waals surface area contributed by atoms with E-state index in [0.29, 0.717) is 12.0 Å². The number of carbonyl (C=O) groups excluding carboxylic acids is 2. The number of aliphatic imine (C=N–C) groups is 1. The Morgan fingerprint density at radius 3 is 2.56 bits per heavy atom. The van der Waals surface area contributed by atoms with E-state index >= 15 is 0 Å². The van der Waals surface area contributed by atoms with Crippen LogP contribution in [0.2, 0.25) is 0 Å². The van der Waals surface area contributed by atoms with Crippen molar-refractivity contribution in [3.63, 3.8) is 0 Å². The van der Waals surface area contributed by atoms with Gasteiger partial charge in [-0.1, -0.05) is 50.1 Å². The Balaban J connectivity index is 1.82. The number of nitrogens with two attached hydrogens (primary N) is 1. The van der Waals surface area contributed by atoms with Crippen LogP contribution in [-0.2, 0) is 11.3 Å². The number of hydrogen-bond acceptors (Lipinski definition) is 5. The number of carbonyl (C=O) groups is 2. The number of rotatable bonds is 9. The van der Waals surface area contributed by atoms with Crippen LogP contribution in [0.5, 0.6) is 0 Å². The smallest absolute Gasteiger partial charge is 0.251 e. The predicted molar refractivity (Wildman–Crippen MR) is 139 cm³/mol. The number of benzene rings is 2. The van der Waals surface area contributed by atoms with Crippen molar-refractivity contribution in [3.8, 4) is 12.3 Å². The maximum atomic E-state index is 14.6. The fourth-order valence-corrected chi connectivity index (χ4v) is 4.20. The molecule has 1 heterocycles. The predicted octanol–water partition coefficient (Wildman–Crippen LogP) is 3.32. The lowest BCUT2D eigenvalue weighted by atomic mass is 9.83. The summed E-state index contributed by atoms with van der Waals surface area (Å²) in [6.07, 6.45) is 6.37. The fraction of sp³-hybridized carbons (Fsp3) is 0.393. The minimum Gasteiger partial charge on any atom is -0.369 e. The van der Waals surface area contributed by atoms with Gasteiger partial charge < -0.3 is 16.0 Å². The van der Waals surface area contributed by atoms with Gasteiger partial charge in [0.05, 0.1) is 19.0 Å². The van der Waals surface area contributed by atoms with Crippen molar-refractivity contribution in [2.75, 3.05) is 20.6 Å². The molecule has 1 aliphatic heterocycles. The van der Waals surface area contributed by atoms with Crippen LogP contribution >= 0.6 is 0 Å². The number of guanidine groups is 1. The lowest BCUT2D eigenvalue weighted by Crippen LogP contribution is -2.52. The van der Waals surface area contributed by atoms with Crippen LogP contribution in [-0.4, -0.2) is 53.8 Å². The molecule has 0 aliphatic carbocycles. The van der Waals surface area contributed by atoms with Gasteiger partial charge in [0.25, 0.3) is 5.91 Å². The van der Waals surface area contributed by atoms with Crippen molar-refractivity contribution in [1.29, 1.82) is 0 Å². The van der Waals surface area contributed by atoms with E-state index in [-0.39, 0.29) is 42.4 Å². The first-order valence-corrected chi connectivity index (χ1v) is 12.0. The van der Waals surface area contributed by atoms with E-state index < -0.39 is 17.3 Å². The molecule has 8 heteroatoms. The molecule has 2 aromatic rings. The molecule has 2 aromatic carbocycles. The highest BCUT2D eigenvalue weighted by atomic mass is 19.1. The Morgan fingerprint density at radius 1 is 1.28 bits per heavy atom. The van der Waals surface area contributed by atoms with Crippen LogP contribution in [0.15, 0.2) is 53.5 Å². The minimum atomic E-state index is -0.996. The van der Waals surface area contributed by atoms with Gasteiger partial charge in [0.15, 0.2) is 5.96 Å². The number of hydrogen-bond donors (Lipinski definition) is 2. The Hall–Kier alpha value is -3.70. The highest BCUT2D eigenvalue weighted by Gasteiger charge is 2.40. The average Bonchev–Trinajstić information content (AvgIpc) is 2.83. The van der Waals surface area contributed by atoms with Crippen LogP contribution in [0.4, 0.5) is 4.39 Å². The second-order valence-corrected chi connectivity index (χ2v) is 9.73. The second-order valence-electron chi connectivity index (χ2n) is 9.73. The topological polar surface area (TPSA) is 91.0 Å². The van der Waals surface area contributed by atoms with Gasteiger partial charge >= 0.3 is 0 Å².